The van der Waals surface area contributed by atoms with Crippen LogP contribution in [0.15, 0.2) is 18.6 Å². The highest BCUT2D eigenvalue weighted by molar-refractivity contribution is 5.67. The molecule has 1 saturated carbocycles. The molecular formula is C12H17N5. The second-order valence-electron chi connectivity index (χ2n) is 4.38. The first-order chi connectivity index (χ1) is 8.33. The van der Waals surface area contributed by atoms with E-state index in [-0.39, 0.29) is 0 Å². The summed E-state index contributed by atoms with van der Waals surface area (Å²) in [5.41, 5.74) is 0.942. The molecule has 0 saturated heterocycles. The van der Waals surface area contributed by atoms with Crippen LogP contribution in [-0.4, -0.2) is 34.0 Å². The van der Waals surface area contributed by atoms with Crippen molar-refractivity contribution in [2.24, 2.45) is 0 Å². The van der Waals surface area contributed by atoms with Gasteiger partial charge in [-0.15, -0.1) is 0 Å². The Kier molecular flexibility index (Phi) is 2.39. The quantitative estimate of drug-likeness (QED) is 0.871. The van der Waals surface area contributed by atoms with E-state index in [0.717, 1.165) is 23.8 Å². The second kappa shape index (κ2) is 3.91. The SMILES string of the molecule is CCN(c1nc(NC)cn2ccnc12)C1CC1. The molecule has 0 radical (unpaired) electrons. The minimum atomic E-state index is 0.653. The van der Waals surface area contributed by atoms with Crippen LogP contribution in [0.3, 0.4) is 0 Å². The van der Waals surface area contributed by atoms with Crippen molar-refractivity contribution < 1.29 is 0 Å². The third-order valence-electron chi connectivity index (χ3n) is 3.21. The molecule has 1 aliphatic carbocycles. The van der Waals surface area contributed by atoms with Crippen LogP contribution >= 0.6 is 0 Å². The highest BCUT2D eigenvalue weighted by Crippen LogP contribution is 2.32. The first kappa shape index (κ1) is 10.4. The number of nitrogens with one attached hydrogen (secondary N) is 1. The lowest BCUT2D eigenvalue weighted by molar-refractivity contribution is 0.807. The molecule has 0 aliphatic heterocycles. The van der Waals surface area contributed by atoms with Gasteiger partial charge in [0.15, 0.2) is 11.5 Å². The van der Waals surface area contributed by atoms with Crippen LogP contribution in [-0.2, 0) is 0 Å². The molecule has 1 aliphatic rings. The molecule has 17 heavy (non-hydrogen) atoms. The summed E-state index contributed by atoms with van der Waals surface area (Å²) in [5, 5.41) is 3.10. The van der Waals surface area contributed by atoms with Crippen LogP contribution < -0.4 is 10.2 Å². The lowest BCUT2D eigenvalue weighted by Gasteiger charge is -2.22. The van der Waals surface area contributed by atoms with E-state index in [1.54, 1.807) is 0 Å². The molecular weight excluding hydrogens is 214 g/mol. The fraction of sp³-hybridized carbons (Fsp3) is 0.500. The molecule has 0 amide bonds. The van der Waals surface area contributed by atoms with Gasteiger partial charge in [-0.2, -0.15) is 0 Å². The van der Waals surface area contributed by atoms with Gasteiger partial charge in [-0.3, -0.25) is 0 Å². The smallest absolute Gasteiger partial charge is 0.180 e. The summed E-state index contributed by atoms with van der Waals surface area (Å²) in [6, 6.07) is 0.653. The molecule has 0 spiro atoms. The van der Waals surface area contributed by atoms with Crippen LogP contribution in [0.1, 0.15) is 19.8 Å². The van der Waals surface area contributed by atoms with Crippen LogP contribution in [0.5, 0.6) is 0 Å². The summed E-state index contributed by atoms with van der Waals surface area (Å²) >= 11 is 0. The van der Waals surface area contributed by atoms with Crippen molar-refractivity contribution in [1.82, 2.24) is 14.4 Å². The Bertz CT molecular complexity index is 529. The fourth-order valence-electron chi connectivity index (χ4n) is 2.20. The molecule has 90 valence electrons. The molecule has 5 nitrogen and oxygen atoms in total. The van der Waals surface area contributed by atoms with Crippen molar-refractivity contribution in [1.29, 1.82) is 0 Å². The maximum atomic E-state index is 4.66. The Labute approximate surface area is 100 Å². The Morgan fingerprint density at radius 2 is 2.35 bits per heavy atom. The predicted octanol–water partition coefficient (Wildman–Crippen LogP) is 1.76. The lowest BCUT2D eigenvalue weighted by atomic mass is 10.4. The van der Waals surface area contributed by atoms with Crippen molar-refractivity contribution in [2.45, 2.75) is 25.8 Å². The lowest BCUT2D eigenvalue weighted by Crippen LogP contribution is -2.27. The summed E-state index contributed by atoms with van der Waals surface area (Å²) in [6.07, 6.45) is 8.29. The van der Waals surface area contributed by atoms with Crippen LogP contribution in [0.25, 0.3) is 5.65 Å². The number of hydrogen-bond acceptors (Lipinski definition) is 4. The fourth-order valence-corrected chi connectivity index (χ4v) is 2.20. The molecule has 2 aromatic heterocycles. The molecule has 2 aromatic rings. The number of fused-ring (bicyclic) bond motifs is 1. The maximum Gasteiger partial charge on any atom is 0.180 e. The monoisotopic (exact) mass is 231 g/mol. The zero-order chi connectivity index (χ0) is 11.8. The molecule has 1 N–H and O–H groups in total. The summed E-state index contributed by atoms with van der Waals surface area (Å²) in [4.78, 5) is 11.4. The van der Waals surface area contributed by atoms with Crippen molar-refractivity contribution >= 4 is 17.3 Å². The Hall–Kier alpha value is -1.78. The molecule has 2 heterocycles. The average Bonchev–Trinajstić information content (AvgIpc) is 3.07. The Morgan fingerprint density at radius 1 is 1.53 bits per heavy atom. The summed E-state index contributed by atoms with van der Waals surface area (Å²) in [7, 11) is 1.89. The van der Waals surface area contributed by atoms with Gasteiger partial charge in [-0.25, -0.2) is 9.97 Å². The van der Waals surface area contributed by atoms with Gasteiger partial charge in [-0.05, 0) is 19.8 Å². The first-order valence-electron chi connectivity index (χ1n) is 6.11. The van der Waals surface area contributed by atoms with E-state index in [1.807, 2.05) is 30.0 Å². The summed E-state index contributed by atoms with van der Waals surface area (Å²) in [6.45, 7) is 3.15. The number of aromatic nitrogens is 3. The van der Waals surface area contributed by atoms with Crippen molar-refractivity contribution in [2.75, 3.05) is 23.8 Å². The van der Waals surface area contributed by atoms with Gasteiger partial charge in [0.05, 0.1) is 6.20 Å². The van der Waals surface area contributed by atoms with Gasteiger partial charge in [-0.1, -0.05) is 0 Å². The maximum absolute atomic E-state index is 4.66. The third-order valence-corrected chi connectivity index (χ3v) is 3.21. The molecule has 0 bridgehead atoms. The third kappa shape index (κ3) is 1.71. The van der Waals surface area contributed by atoms with Gasteiger partial charge < -0.3 is 14.6 Å². The largest absolute Gasteiger partial charge is 0.372 e. The number of rotatable bonds is 4. The molecule has 1 fully saturated rings. The summed E-state index contributed by atoms with van der Waals surface area (Å²) in [5.74, 6) is 1.87. The topological polar surface area (TPSA) is 45.5 Å². The first-order valence-corrected chi connectivity index (χ1v) is 6.11. The Morgan fingerprint density at radius 3 is 3.00 bits per heavy atom. The molecule has 5 heteroatoms. The molecule has 3 rings (SSSR count). The number of anilines is 2. The standard InChI is InChI=1S/C12H17N5/c1-3-17(9-4-5-9)12-11-14-6-7-16(11)8-10(13-2)15-12/h6-9,13H,3-5H2,1-2H3. The van der Waals surface area contributed by atoms with E-state index in [2.05, 4.69) is 27.1 Å². The highest BCUT2D eigenvalue weighted by Gasteiger charge is 2.30. The van der Waals surface area contributed by atoms with E-state index in [1.165, 1.54) is 12.8 Å². The van der Waals surface area contributed by atoms with E-state index < -0.39 is 0 Å². The Balaban J connectivity index is 2.14. The van der Waals surface area contributed by atoms with Gasteiger partial charge >= 0.3 is 0 Å². The van der Waals surface area contributed by atoms with Crippen molar-refractivity contribution in [3.63, 3.8) is 0 Å². The van der Waals surface area contributed by atoms with Crippen LogP contribution in [0, 0.1) is 0 Å². The van der Waals surface area contributed by atoms with E-state index in [9.17, 15) is 0 Å². The van der Waals surface area contributed by atoms with E-state index >= 15 is 0 Å². The van der Waals surface area contributed by atoms with Crippen molar-refractivity contribution in [3.8, 4) is 0 Å². The predicted molar refractivity (Wildman–Crippen MR) is 68.6 cm³/mol. The number of hydrogen-bond donors (Lipinski definition) is 1. The average molecular weight is 231 g/mol. The van der Waals surface area contributed by atoms with Gasteiger partial charge in [0.2, 0.25) is 0 Å². The molecule has 0 unspecified atom stereocenters. The molecule has 0 atom stereocenters. The zero-order valence-electron chi connectivity index (χ0n) is 10.2. The highest BCUT2D eigenvalue weighted by atomic mass is 15.3. The number of imidazole rings is 1. The zero-order valence-corrected chi connectivity index (χ0v) is 10.2. The minimum absolute atomic E-state index is 0.653. The van der Waals surface area contributed by atoms with Crippen LogP contribution in [0.4, 0.5) is 11.6 Å². The number of nitrogens with zero attached hydrogens (tertiary/aromatic N) is 4. The van der Waals surface area contributed by atoms with Crippen LogP contribution in [0.2, 0.25) is 0 Å². The normalized spacial score (nSPS) is 15.2. The van der Waals surface area contributed by atoms with E-state index in [4.69, 9.17) is 0 Å². The molecule has 0 aromatic carbocycles. The van der Waals surface area contributed by atoms with Gasteiger partial charge in [0, 0.05) is 32.0 Å². The van der Waals surface area contributed by atoms with Gasteiger partial charge in [0.1, 0.15) is 5.82 Å². The minimum Gasteiger partial charge on any atom is -0.372 e. The second-order valence-corrected chi connectivity index (χ2v) is 4.38. The summed E-state index contributed by atoms with van der Waals surface area (Å²) < 4.78 is 2.03. The van der Waals surface area contributed by atoms with Gasteiger partial charge in [0.25, 0.3) is 0 Å². The van der Waals surface area contributed by atoms with Crippen molar-refractivity contribution in [3.05, 3.63) is 18.6 Å². The van der Waals surface area contributed by atoms with E-state index in [0.29, 0.717) is 6.04 Å².